The largest absolute Gasteiger partial charge is 0.465 e. The zero-order valence-electron chi connectivity index (χ0n) is 12.1. The summed E-state index contributed by atoms with van der Waals surface area (Å²) in [6.07, 6.45) is 5.34. The number of ether oxygens (including phenoxy) is 1. The fourth-order valence-corrected chi connectivity index (χ4v) is 2.65. The predicted octanol–water partition coefficient (Wildman–Crippen LogP) is 3.38. The molecule has 0 unspecified atom stereocenters. The Bertz CT molecular complexity index is 487. The highest BCUT2D eigenvalue weighted by atomic mass is 16.5. The van der Waals surface area contributed by atoms with Crippen molar-refractivity contribution in [3.63, 3.8) is 0 Å². The molecule has 20 heavy (non-hydrogen) atoms. The molecule has 108 valence electrons. The molecule has 4 nitrogen and oxygen atoms in total. The van der Waals surface area contributed by atoms with Crippen molar-refractivity contribution in [1.29, 1.82) is 0 Å². The number of methoxy groups -OCH3 is 1. The standard InChI is InChI=1S/C16H21NO3/c1-16(10-4-3-5-11-16)15(19)17-13-8-6-12(7-9-13)14(18)20-2/h6-9H,3-5,10-11H2,1-2H3,(H,17,19). The summed E-state index contributed by atoms with van der Waals surface area (Å²) >= 11 is 0. The summed E-state index contributed by atoms with van der Waals surface area (Å²) in [5.41, 5.74) is 0.933. The second-order valence-electron chi connectivity index (χ2n) is 5.64. The topological polar surface area (TPSA) is 55.4 Å². The van der Waals surface area contributed by atoms with Gasteiger partial charge in [-0.15, -0.1) is 0 Å². The van der Waals surface area contributed by atoms with Crippen molar-refractivity contribution in [2.75, 3.05) is 12.4 Å². The summed E-state index contributed by atoms with van der Waals surface area (Å²) in [5, 5.41) is 2.95. The number of carbonyl (C=O) groups excluding carboxylic acids is 2. The van der Waals surface area contributed by atoms with Crippen LogP contribution in [0.25, 0.3) is 0 Å². The van der Waals surface area contributed by atoms with E-state index in [-0.39, 0.29) is 17.3 Å². The van der Waals surface area contributed by atoms with Gasteiger partial charge in [-0.1, -0.05) is 26.2 Å². The molecule has 1 aromatic rings. The molecule has 0 atom stereocenters. The zero-order chi connectivity index (χ0) is 14.6. The van der Waals surface area contributed by atoms with E-state index in [4.69, 9.17) is 0 Å². The minimum Gasteiger partial charge on any atom is -0.465 e. The molecule has 1 aliphatic rings. The number of nitrogens with one attached hydrogen (secondary N) is 1. The van der Waals surface area contributed by atoms with Gasteiger partial charge in [0.2, 0.25) is 5.91 Å². The smallest absolute Gasteiger partial charge is 0.337 e. The average molecular weight is 275 g/mol. The minimum atomic E-state index is -0.373. The van der Waals surface area contributed by atoms with Crippen LogP contribution in [-0.2, 0) is 9.53 Å². The molecule has 0 spiro atoms. The van der Waals surface area contributed by atoms with Crippen LogP contribution >= 0.6 is 0 Å². The predicted molar refractivity (Wildman–Crippen MR) is 77.6 cm³/mol. The van der Waals surface area contributed by atoms with Crippen LogP contribution in [0.5, 0.6) is 0 Å². The van der Waals surface area contributed by atoms with E-state index in [9.17, 15) is 9.59 Å². The van der Waals surface area contributed by atoms with Gasteiger partial charge in [-0.2, -0.15) is 0 Å². The molecule has 0 aromatic heterocycles. The second kappa shape index (κ2) is 6.07. The summed E-state index contributed by atoms with van der Waals surface area (Å²) in [4.78, 5) is 23.7. The Morgan fingerprint density at radius 1 is 1.10 bits per heavy atom. The number of anilines is 1. The van der Waals surface area contributed by atoms with E-state index < -0.39 is 0 Å². The van der Waals surface area contributed by atoms with E-state index in [0.29, 0.717) is 5.56 Å². The molecule has 0 aliphatic heterocycles. The molecule has 1 aliphatic carbocycles. The highest BCUT2D eigenvalue weighted by Gasteiger charge is 2.34. The van der Waals surface area contributed by atoms with Crippen molar-refractivity contribution in [3.8, 4) is 0 Å². The lowest BCUT2D eigenvalue weighted by Crippen LogP contribution is -2.35. The summed E-state index contributed by atoms with van der Waals surface area (Å²) in [5.74, 6) is -0.301. The number of benzene rings is 1. The van der Waals surface area contributed by atoms with Gasteiger partial charge in [-0.25, -0.2) is 4.79 Å². The summed E-state index contributed by atoms with van der Waals surface area (Å²) < 4.78 is 4.64. The molecule has 1 aromatic carbocycles. The van der Waals surface area contributed by atoms with E-state index in [1.165, 1.54) is 13.5 Å². The zero-order valence-corrected chi connectivity index (χ0v) is 12.1. The maximum Gasteiger partial charge on any atom is 0.337 e. The third kappa shape index (κ3) is 3.18. The molecule has 1 saturated carbocycles. The molecule has 4 heteroatoms. The fraction of sp³-hybridized carbons (Fsp3) is 0.500. The van der Waals surface area contributed by atoms with E-state index in [1.54, 1.807) is 24.3 Å². The fourth-order valence-electron chi connectivity index (χ4n) is 2.65. The Morgan fingerprint density at radius 3 is 2.25 bits per heavy atom. The van der Waals surface area contributed by atoms with Gasteiger partial charge in [0.15, 0.2) is 0 Å². The third-order valence-corrected chi connectivity index (χ3v) is 4.07. The van der Waals surface area contributed by atoms with Crippen LogP contribution in [0.3, 0.4) is 0 Å². The van der Waals surface area contributed by atoms with Crippen molar-refractivity contribution >= 4 is 17.6 Å². The van der Waals surface area contributed by atoms with Crippen LogP contribution in [-0.4, -0.2) is 19.0 Å². The molecular weight excluding hydrogens is 254 g/mol. The monoisotopic (exact) mass is 275 g/mol. The normalized spacial score (nSPS) is 17.3. The average Bonchev–Trinajstić information content (AvgIpc) is 2.48. The van der Waals surface area contributed by atoms with Gasteiger partial charge in [0.25, 0.3) is 0 Å². The number of hydrogen-bond acceptors (Lipinski definition) is 3. The molecule has 0 bridgehead atoms. The van der Waals surface area contributed by atoms with Gasteiger partial charge < -0.3 is 10.1 Å². The molecule has 1 fully saturated rings. The quantitative estimate of drug-likeness (QED) is 0.860. The number of carbonyl (C=O) groups is 2. The third-order valence-electron chi connectivity index (χ3n) is 4.07. The molecule has 1 N–H and O–H groups in total. The Labute approximate surface area is 119 Å². The molecule has 0 heterocycles. The van der Waals surface area contributed by atoms with Crippen molar-refractivity contribution in [2.45, 2.75) is 39.0 Å². The van der Waals surface area contributed by atoms with Gasteiger partial charge in [-0.05, 0) is 37.1 Å². The van der Waals surface area contributed by atoms with Gasteiger partial charge in [0.05, 0.1) is 12.7 Å². The van der Waals surface area contributed by atoms with Gasteiger partial charge >= 0.3 is 5.97 Å². The first-order chi connectivity index (χ1) is 9.55. The minimum absolute atomic E-state index is 0.0722. The van der Waals surface area contributed by atoms with E-state index in [0.717, 1.165) is 31.4 Å². The maximum atomic E-state index is 12.4. The number of esters is 1. The van der Waals surface area contributed by atoms with E-state index in [1.807, 2.05) is 6.92 Å². The highest BCUT2D eigenvalue weighted by molar-refractivity contribution is 5.96. The van der Waals surface area contributed by atoms with Crippen LogP contribution in [0.2, 0.25) is 0 Å². The molecule has 2 rings (SSSR count). The van der Waals surface area contributed by atoms with Crippen molar-refractivity contribution < 1.29 is 14.3 Å². The lowest BCUT2D eigenvalue weighted by atomic mass is 9.75. The molecular formula is C16H21NO3. The van der Waals surface area contributed by atoms with Crippen LogP contribution in [0.15, 0.2) is 24.3 Å². The maximum absolute atomic E-state index is 12.4. The van der Waals surface area contributed by atoms with E-state index in [2.05, 4.69) is 10.1 Å². The Morgan fingerprint density at radius 2 is 1.70 bits per heavy atom. The Kier molecular flexibility index (Phi) is 4.42. The second-order valence-corrected chi connectivity index (χ2v) is 5.64. The van der Waals surface area contributed by atoms with Crippen LogP contribution in [0.4, 0.5) is 5.69 Å². The Balaban J connectivity index is 2.02. The van der Waals surface area contributed by atoms with Crippen molar-refractivity contribution in [2.24, 2.45) is 5.41 Å². The first-order valence-electron chi connectivity index (χ1n) is 7.05. The van der Waals surface area contributed by atoms with Gasteiger partial charge in [0.1, 0.15) is 0 Å². The van der Waals surface area contributed by atoms with Crippen molar-refractivity contribution in [3.05, 3.63) is 29.8 Å². The van der Waals surface area contributed by atoms with Crippen LogP contribution < -0.4 is 5.32 Å². The lowest BCUT2D eigenvalue weighted by molar-refractivity contribution is -0.126. The first kappa shape index (κ1) is 14.6. The van der Waals surface area contributed by atoms with Crippen LogP contribution in [0, 0.1) is 5.41 Å². The Hall–Kier alpha value is -1.84. The summed E-state index contributed by atoms with van der Waals surface area (Å²) in [6.45, 7) is 2.03. The van der Waals surface area contributed by atoms with Crippen molar-refractivity contribution in [1.82, 2.24) is 0 Å². The van der Waals surface area contributed by atoms with E-state index >= 15 is 0 Å². The first-order valence-corrected chi connectivity index (χ1v) is 7.05. The molecule has 0 saturated heterocycles. The SMILES string of the molecule is COC(=O)c1ccc(NC(=O)C2(C)CCCCC2)cc1. The summed E-state index contributed by atoms with van der Waals surface area (Å²) in [6, 6.07) is 6.78. The molecule has 1 amide bonds. The highest BCUT2D eigenvalue weighted by Crippen LogP contribution is 2.36. The number of amides is 1. The number of rotatable bonds is 3. The van der Waals surface area contributed by atoms with Gasteiger partial charge in [0, 0.05) is 11.1 Å². The number of hydrogen-bond donors (Lipinski definition) is 1. The van der Waals surface area contributed by atoms with Gasteiger partial charge in [-0.3, -0.25) is 4.79 Å². The molecule has 0 radical (unpaired) electrons. The lowest BCUT2D eigenvalue weighted by Gasteiger charge is -2.32. The van der Waals surface area contributed by atoms with Crippen LogP contribution in [0.1, 0.15) is 49.4 Å². The summed E-state index contributed by atoms with van der Waals surface area (Å²) in [7, 11) is 1.35.